The van der Waals surface area contributed by atoms with Gasteiger partial charge in [0, 0.05) is 32.2 Å². The van der Waals surface area contributed by atoms with E-state index in [1.54, 1.807) is 18.2 Å². The number of hydrogen-bond donors (Lipinski definition) is 1. The third-order valence-electron chi connectivity index (χ3n) is 7.21. The van der Waals surface area contributed by atoms with Gasteiger partial charge < -0.3 is 20.1 Å². The van der Waals surface area contributed by atoms with Gasteiger partial charge in [0.05, 0.1) is 36.5 Å². The van der Waals surface area contributed by atoms with Crippen molar-refractivity contribution < 1.29 is 26.7 Å². The molecule has 2 fully saturated rings. The molecule has 40 heavy (non-hydrogen) atoms. The lowest BCUT2D eigenvalue weighted by atomic mass is 10.2. The molecule has 1 aromatic heterocycles. The van der Waals surface area contributed by atoms with Crippen molar-refractivity contribution in [3.05, 3.63) is 70.1 Å². The average Bonchev–Trinajstić information content (AvgIpc) is 3.43. The van der Waals surface area contributed by atoms with E-state index in [9.17, 15) is 22.0 Å². The highest BCUT2D eigenvalue weighted by Gasteiger charge is 2.31. The van der Waals surface area contributed by atoms with Crippen molar-refractivity contribution in [2.75, 3.05) is 43.9 Å². The normalized spacial score (nSPS) is 16.8. The molecule has 2 aromatic carbocycles. The molecule has 0 unspecified atom stereocenters. The highest BCUT2D eigenvalue weighted by atomic mass is 32.2. The van der Waals surface area contributed by atoms with E-state index in [-0.39, 0.29) is 36.4 Å². The number of piperazine rings is 1. The second kappa shape index (κ2) is 11.4. The minimum absolute atomic E-state index is 0.0387. The highest BCUT2D eigenvalue weighted by Crippen LogP contribution is 2.31. The average molecular weight is 576 g/mol. The van der Waals surface area contributed by atoms with Crippen LogP contribution in [0.1, 0.15) is 31.2 Å². The maximum atomic E-state index is 13.9. The fraction of sp³-hybridized carbons (Fsp3) is 0.407. The maximum Gasteiger partial charge on any atom is 0.316 e. The number of anilines is 2. The summed E-state index contributed by atoms with van der Waals surface area (Å²) in [7, 11) is -2.17. The lowest BCUT2D eigenvalue weighted by Crippen LogP contribution is -2.49. The van der Waals surface area contributed by atoms with Gasteiger partial charge >= 0.3 is 5.56 Å². The predicted molar refractivity (Wildman–Crippen MR) is 146 cm³/mol. The zero-order valence-corrected chi connectivity index (χ0v) is 22.9. The molecule has 1 aliphatic heterocycles. The molecule has 3 aromatic rings. The number of hydrogen-bond acceptors (Lipinski definition) is 8. The Hall–Kier alpha value is -3.71. The molecule has 0 bridgehead atoms. The molecular weight excluding hydrogens is 544 g/mol. The number of rotatable bonds is 8. The first-order valence-electron chi connectivity index (χ1n) is 13.1. The summed E-state index contributed by atoms with van der Waals surface area (Å²) in [5, 5.41) is 4.18. The molecule has 2 heterocycles. The molecule has 13 heteroatoms. The molecule has 1 saturated carbocycles. The fourth-order valence-electron chi connectivity index (χ4n) is 5.14. The SMILES string of the molecule is COc1cc(CS(=O)(=O)N2CCN(c3cnn(-c4cc(F)cc(F)c4)c(=O)c3OC3CCCC3)CC2)ccc1N. The molecule has 0 atom stereocenters. The molecular formula is C27H31F2N5O5S. The van der Waals surface area contributed by atoms with Gasteiger partial charge in [-0.05, 0) is 55.5 Å². The summed E-state index contributed by atoms with van der Waals surface area (Å²) in [5.74, 6) is -1.42. The van der Waals surface area contributed by atoms with Crippen molar-refractivity contribution >= 4 is 21.4 Å². The molecule has 1 aliphatic carbocycles. The summed E-state index contributed by atoms with van der Waals surface area (Å²) in [6.07, 6.45) is 4.80. The smallest absolute Gasteiger partial charge is 0.316 e. The van der Waals surface area contributed by atoms with Gasteiger partial charge in [-0.25, -0.2) is 17.2 Å². The van der Waals surface area contributed by atoms with Gasteiger partial charge in [0.1, 0.15) is 23.1 Å². The van der Waals surface area contributed by atoms with Gasteiger partial charge in [-0.15, -0.1) is 0 Å². The molecule has 2 N–H and O–H groups in total. The molecule has 0 radical (unpaired) electrons. The molecule has 1 saturated heterocycles. The van der Waals surface area contributed by atoms with E-state index in [0.29, 0.717) is 35.8 Å². The van der Waals surface area contributed by atoms with E-state index in [0.717, 1.165) is 48.6 Å². The maximum absolute atomic E-state index is 13.9. The van der Waals surface area contributed by atoms with E-state index in [2.05, 4.69) is 5.10 Å². The van der Waals surface area contributed by atoms with Crippen molar-refractivity contribution in [1.29, 1.82) is 0 Å². The number of aromatic nitrogens is 2. The third-order valence-corrected chi connectivity index (χ3v) is 9.06. The molecule has 0 spiro atoms. The summed E-state index contributed by atoms with van der Waals surface area (Å²) in [6.45, 7) is 0.973. The number of methoxy groups -OCH3 is 1. The standard InChI is InChI=1S/C27H31F2N5O5S/c1-38-25-12-18(6-7-23(25)30)17-40(36,37)33-10-8-32(9-11-33)24-16-31-34(21-14-19(28)13-20(29)15-21)27(35)26(24)39-22-4-2-3-5-22/h6-7,12-16,22H,2-5,8-11,17,30H2,1H3. The van der Waals surface area contributed by atoms with Crippen molar-refractivity contribution in [2.24, 2.45) is 0 Å². The first kappa shape index (κ1) is 27.8. The van der Waals surface area contributed by atoms with Gasteiger partial charge in [-0.1, -0.05) is 6.07 Å². The van der Waals surface area contributed by atoms with Gasteiger partial charge in [0.15, 0.2) is 0 Å². The number of ether oxygens (including phenoxy) is 2. The molecule has 10 nitrogen and oxygen atoms in total. The van der Waals surface area contributed by atoms with Gasteiger partial charge in [0.2, 0.25) is 15.8 Å². The van der Waals surface area contributed by atoms with Gasteiger partial charge in [-0.2, -0.15) is 14.1 Å². The van der Waals surface area contributed by atoms with Crippen LogP contribution in [0.15, 0.2) is 47.4 Å². The van der Waals surface area contributed by atoms with Crippen LogP contribution in [-0.2, 0) is 15.8 Å². The second-order valence-electron chi connectivity index (χ2n) is 9.95. The van der Waals surface area contributed by atoms with E-state index < -0.39 is 27.2 Å². The topological polar surface area (TPSA) is 120 Å². The Bertz CT molecular complexity index is 1530. The summed E-state index contributed by atoms with van der Waals surface area (Å²) in [6, 6.07) is 7.65. The molecule has 2 aliphatic rings. The van der Waals surface area contributed by atoms with Crippen LogP contribution in [-0.4, -0.2) is 61.9 Å². The zero-order valence-electron chi connectivity index (χ0n) is 22.1. The van der Waals surface area contributed by atoms with Gasteiger partial charge in [0.25, 0.3) is 0 Å². The minimum atomic E-state index is -3.64. The molecule has 214 valence electrons. The van der Waals surface area contributed by atoms with Crippen LogP contribution in [0, 0.1) is 11.6 Å². The van der Waals surface area contributed by atoms with E-state index >= 15 is 0 Å². The zero-order chi connectivity index (χ0) is 28.4. The largest absolute Gasteiger partial charge is 0.495 e. The number of nitrogens with two attached hydrogens (primary N) is 1. The van der Waals surface area contributed by atoms with Crippen LogP contribution in [0.2, 0.25) is 0 Å². The van der Waals surface area contributed by atoms with E-state index in [4.69, 9.17) is 15.2 Å². The quantitative estimate of drug-likeness (QED) is 0.407. The van der Waals surface area contributed by atoms with Crippen LogP contribution in [0.25, 0.3) is 5.69 Å². The fourth-order valence-corrected chi connectivity index (χ4v) is 6.64. The van der Waals surface area contributed by atoms with Crippen LogP contribution in [0.5, 0.6) is 11.5 Å². The van der Waals surface area contributed by atoms with Crippen LogP contribution in [0.4, 0.5) is 20.2 Å². The van der Waals surface area contributed by atoms with Crippen molar-refractivity contribution in [3.8, 4) is 17.2 Å². The monoisotopic (exact) mass is 575 g/mol. The number of nitrogens with zero attached hydrogens (tertiary/aromatic N) is 4. The number of nitrogen functional groups attached to an aromatic ring is 1. The summed E-state index contributed by atoms with van der Waals surface area (Å²) in [5.41, 5.74) is 6.55. The number of halogens is 2. The third kappa shape index (κ3) is 5.89. The number of benzene rings is 2. The second-order valence-corrected chi connectivity index (χ2v) is 11.9. The Labute approximate surface area is 231 Å². The predicted octanol–water partition coefficient (Wildman–Crippen LogP) is 3.07. The van der Waals surface area contributed by atoms with E-state index in [1.165, 1.54) is 17.6 Å². The van der Waals surface area contributed by atoms with Gasteiger partial charge in [-0.3, -0.25) is 4.79 Å². The van der Waals surface area contributed by atoms with E-state index in [1.807, 2.05) is 4.90 Å². The van der Waals surface area contributed by atoms with Crippen molar-refractivity contribution in [1.82, 2.24) is 14.1 Å². The Morgan fingerprint density at radius 1 is 1.02 bits per heavy atom. The Kier molecular flexibility index (Phi) is 7.95. The molecule has 5 rings (SSSR count). The Balaban J connectivity index is 1.38. The lowest BCUT2D eigenvalue weighted by molar-refractivity contribution is 0.205. The van der Waals surface area contributed by atoms with Crippen molar-refractivity contribution in [3.63, 3.8) is 0 Å². The Morgan fingerprint density at radius 3 is 2.35 bits per heavy atom. The Morgan fingerprint density at radius 2 is 1.70 bits per heavy atom. The summed E-state index contributed by atoms with van der Waals surface area (Å²) in [4.78, 5) is 15.4. The summed E-state index contributed by atoms with van der Waals surface area (Å²) >= 11 is 0. The highest BCUT2D eigenvalue weighted by molar-refractivity contribution is 7.88. The molecule has 0 amide bonds. The van der Waals surface area contributed by atoms with Crippen LogP contribution < -0.4 is 25.7 Å². The van der Waals surface area contributed by atoms with Crippen LogP contribution in [0.3, 0.4) is 0 Å². The lowest BCUT2D eigenvalue weighted by Gasteiger charge is -2.36. The first-order valence-corrected chi connectivity index (χ1v) is 14.7. The van der Waals surface area contributed by atoms with Crippen LogP contribution >= 0.6 is 0 Å². The number of sulfonamides is 1. The van der Waals surface area contributed by atoms with Crippen molar-refractivity contribution in [2.45, 2.75) is 37.5 Å². The minimum Gasteiger partial charge on any atom is -0.495 e. The first-order chi connectivity index (χ1) is 19.1. The summed E-state index contributed by atoms with van der Waals surface area (Å²) < 4.78 is 67.8.